The largest absolute Gasteiger partial charge is 0.492 e. The van der Waals surface area contributed by atoms with Crippen LogP contribution in [-0.2, 0) is 22.7 Å². The van der Waals surface area contributed by atoms with E-state index < -0.39 is 44.3 Å². The van der Waals surface area contributed by atoms with Crippen LogP contribution < -0.4 is 9.46 Å². The number of amides is 1. The maximum atomic E-state index is 14.6. The molecule has 2 aliphatic carbocycles. The van der Waals surface area contributed by atoms with Crippen LogP contribution in [0.1, 0.15) is 72.9 Å². The number of hydrogen-bond donors (Lipinski definition) is 1. The smallest absolute Gasteiger partial charge is 0.416 e. The molecule has 6 nitrogen and oxygen atoms in total. The maximum absolute atomic E-state index is 14.6. The van der Waals surface area contributed by atoms with Crippen LogP contribution >= 0.6 is 11.6 Å². The highest BCUT2D eigenvalue weighted by Gasteiger charge is 2.41. The van der Waals surface area contributed by atoms with Crippen molar-refractivity contribution in [2.24, 2.45) is 11.3 Å². The number of likely N-dealkylation sites (tertiary alicyclic amines) is 1. The van der Waals surface area contributed by atoms with E-state index in [0.717, 1.165) is 69.8 Å². The van der Waals surface area contributed by atoms with Gasteiger partial charge in [-0.05, 0) is 93.5 Å². The third kappa shape index (κ3) is 7.35. The van der Waals surface area contributed by atoms with E-state index in [2.05, 4.69) is 4.90 Å². The molecule has 1 atom stereocenters. The predicted octanol–water partition coefficient (Wildman–Crippen LogP) is 6.57. The van der Waals surface area contributed by atoms with Crippen LogP contribution in [0.3, 0.4) is 0 Å². The Morgan fingerprint density at radius 1 is 1.10 bits per heavy atom. The number of rotatable bonds is 9. The normalized spacial score (nSPS) is 21.2. The lowest BCUT2D eigenvalue weighted by Crippen LogP contribution is -2.38. The molecule has 1 spiro atoms. The number of halogens is 5. The van der Waals surface area contributed by atoms with Gasteiger partial charge in [-0.15, -0.1) is 0 Å². The monoisotopic (exact) mass is 616 g/mol. The van der Waals surface area contributed by atoms with Gasteiger partial charge < -0.3 is 4.74 Å². The second-order valence-electron chi connectivity index (χ2n) is 11.7. The summed E-state index contributed by atoms with van der Waals surface area (Å²) < 4.78 is 85.4. The zero-order valence-corrected chi connectivity index (χ0v) is 24.1. The molecule has 1 saturated heterocycles. The Labute approximate surface area is 242 Å². The minimum Gasteiger partial charge on any atom is -0.492 e. The van der Waals surface area contributed by atoms with Crippen molar-refractivity contribution >= 4 is 27.5 Å². The fourth-order valence-corrected chi connectivity index (χ4v) is 7.62. The molecule has 0 aromatic heterocycles. The molecule has 2 saturated carbocycles. The fourth-order valence-electron chi connectivity index (χ4n) is 6.11. The summed E-state index contributed by atoms with van der Waals surface area (Å²) in [6, 6.07) is 7.63. The topological polar surface area (TPSA) is 75.7 Å². The standard InChI is InChI=1S/C29H33ClF4N2O4S/c30-24-15-23(27(37)35-41(38,39)22-4-5-22)25(31)16-26(24)40-13-7-19-6-8-28(17-19)9-11-36(12-10-28)18-20-2-1-3-21(14-20)29(32,33)34/h1-3,14-16,19,22H,4-13,17-18H2,(H,35,37). The maximum Gasteiger partial charge on any atom is 0.416 e. The van der Waals surface area contributed by atoms with Gasteiger partial charge in [-0.2, -0.15) is 13.2 Å². The Kier molecular flexibility index (Phi) is 8.61. The molecule has 1 unspecified atom stereocenters. The van der Waals surface area contributed by atoms with Crippen molar-refractivity contribution in [3.63, 3.8) is 0 Å². The number of sulfonamides is 1. The average molecular weight is 617 g/mol. The number of carbonyl (C=O) groups is 1. The van der Waals surface area contributed by atoms with Crippen LogP contribution in [0, 0.1) is 17.2 Å². The van der Waals surface area contributed by atoms with Crippen LogP contribution in [0.4, 0.5) is 17.6 Å². The summed E-state index contributed by atoms with van der Waals surface area (Å²) in [5.41, 5.74) is -0.170. The minimum absolute atomic E-state index is 0.0244. The summed E-state index contributed by atoms with van der Waals surface area (Å²) in [6.45, 7) is 2.51. The summed E-state index contributed by atoms with van der Waals surface area (Å²) in [5.74, 6) is -1.43. The quantitative estimate of drug-likeness (QED) is 0.323. The number of piperidine rings is 1. The Morgan fingerprint density at radius 2 is 1.83 bits per heavy atom. The average Bonchev–Trinajstić information content (AvgIpc) is 3.70. The van der Waals surface area contributed by atoms with Crippen molar-refractivity contribution < 1.29 is 35.5 Å². The van der Waals surface area contributed by atoms with Gasteiger partial charge in [0.2, 0.25) is 10.0 Å². The molecule has 0 radical (unpaired) electrons. The Balaban J connectivity index is 1.08. The highest BCUT2D eigenvalue weighted by Crippen LogP contribution is 2.50. The number of hydrogen-bond acceptors (Lipinski definition) is 5. The van der Waals surface area contributed by atoms with Crippen molar-refractivity contribution in [2.75, 3.05) is 19.7 Å². The molecule has 1 aliphatic heterocycles. The molecule has 12 heteroatoms. The second-order valence-corrected chi connectivity index (χ2v) is 14.0. The lowest BCUT2D eigenvalue weighted by Gasteiger charge is -2.39. The highest BCUT2D eigenvalue weighted by molar-refractivity contribution is 7.91. The van der Waals surface area contributed by atoms with Crippen LogP contribution in [0.5, 0.6) is 5.75 Å². The first-order valence-electron chi connectivity index (χ1n) is 13.9. The molecule has 1 amide bonds. The van der Waals surface area contributed by atoms with E-state index in [9.17, 15) is 30.8 Å². The number of nitrogens with one attached hydrogen (secondary N) is 1. The van der Waals surface area contributed by atoms with Crippen LogP contribution in [0.15, 0.2) is 36.4 Å². The van der Waals surface area contributed by atoms with E-state index >= 15 is 0 Å². The first-order valence-corrected chi connectivity index (χ1v) is 15.8. The molecule has 224 valence electrons. The molecule has 3 fully saturated rings. The van der Waals surface area contributed by atoms with E-state index in [1.54, 1.807) is 6.07 Å². The number of benzene rings is 2. The Bertz CT molecular complexity index is 1390. The Hall–Kier alpha value is -2.37. The molecule has 1 N–H and O–H groups in total. The summed E-state index contributed by atoms with van der Waals surface area (Å²) >= 11 is 6.22. The van der Waals surface area contributed by atoms with Gasteiger partial charge in [0.05, 0.1) is 28.0 Å². The molecular formula is C29H33ClF4N2O4S. The molecule has 0 bridgehead atoms. The molecule has 2 aromatic rings. The number of alkyl halides is 3. The van der Waals surface area contributed by atoms with Gasteiger partial charge in [-0.3, -0.25) is 9.69 Å². The van der Waals surface area contributed by atoms with Crippen molar-refractivity contribution in [1.29, 1.82) is 0 Å². The molecule has 41 heavy (non-hydrogen) atoms. The van der Waals surface area contributed by atoms with Crippen LogP contribution in [0.2, 0.25) is 5.02 Å². The summed E-state index contributed by atoms with van der Waals surface area (Å²) in [4.78, 5) is 14.5. The van der Waals surface area contributed by atoms with Crippen LogP contribution in [-0.4, -0.2) is 44.2 Å². The van der Waals surface area contributed by atoms with Crippen molar-refractivity contribution in [3.05, 3.63) is 63.9 Å². The van der Waals surface area contributed by atoms with E-state index in [4.69, 9.17) is 16.3 Å². The zero-order valence-electron chi connectivity index (χ0n) is 22.5. The zero-order chi connectivity index (χ0) is 29.4. The summed E-state index contributed by atoms with van der Waals surface area (Å²) in [7, 11) is -3.81. The van der Waals surface area contributed by atoms with Gasteiger partial charge in [0.25, 0.3) is 5.91 Å². The van der Waals surface area contributed by atoms with Crippen LogP contribution in [0.25, 0.3) is 0 Å². The van der Waals surface area contributed by atoms with E-state index in [0.29, 0.717) is 37.5 Å². The van der Waals surface area contributed by atoms with Gasteiger partial charge in [0.1, 0.15) is 11.6 Å². The predicted molar refractivity (Wildman–Crippen MR) is 147 cm³/mol. The van der Waals surface area contributed by atoms with Crippen molar-refractivity contribution in [2.45, 2.75) is 69.3 Å². The van der Waals surface area contributed by atoms with E-state index in [1.165, 1.54) is 12.1 Å². The molecular weight excluding hydrogens is 584 g/mol. The molecule has 2 aromatic carbocycles. The lowest BCUT2D eigenvalue weighted by atomic mass is 9.76. The highest BCUT2D eigenvalue weighted by atomic mass is 35.5. The first kappa shape index (κ1) is 30.1. The lowest BCUT2D eigenvalue weighted by molar-refractivity contribution is -0.137. The van der Waals surface area contributed by atoms with E-state index in [-0.39, 0.29) is 16.2 Å². The first-order chi connectivity index (χ1) is 19.3. The Morgan fingerprint density at radius 3 is 2.51 bits per heavy atom. The fraction of sp³-hybridized carbons (Fsp3) is 0.552. The number of nitrogens with zero attached hydrogens (tertiary/aromatic N) is 1. The van der Waals surface area contributed by atoms with Gasteiger partial charge >= 0.3 is 6.18 Å². The van der Waals surface area contributed by atoms with E-state index in [1.807, 2.05) is 4.72 Å². The number of ether oxygens (including phenoxy) is 1. The molecule has 3 aliphatic rings. The molecule has 1 heterocycles. The van der Waals surface area contributed by atoms with Gasteiger partial charge in [0, 0.05) is 12.6 Å². The van der Waals surface area contributed by atoms with Gasteiger partial charge in [-0.1, -0.05) is 29.8 Å². The summed E-state index contributed by atoms with van der Waals surface area (Å²) in [5, 5.41) is -0.587. The molecule has 5 rings (SSSR count). The minimum atomic E-state index is -4.34. The summed E-state index contributed by atoms with van der Waals surface area (Å²) in [6.07, 6.45) is 2.56. The SMILES string of the molecule is O=C(NS(=O)(=O)C1CC1)c1cc(Cl)c(OCCC2CCC3(CCN(Cc4cccc(C(F)(F)F)c4)CC3)C2)cc1F. The number of carbonyl (C=O) groups excluding carboxylic acids is 1. The third-order valence-electron chi connectivity index (χ3n) is 8.63. The van der Waals surface area contributed by atoms with Gasteiger partial charge in [-0.25, -0.2) is 17.5 Å². The second kappa shape index (κ2) is 11.7. The third-order valence-corrected chi connectivity index (χ3v) is 10.7. The van der Waals surface area contributed by atoms with Crippen molar-refractivity contribution in [1.82, 2.24) is 9.62 Å². The van der Waals surface area contributed by atoms with Crippen molar-refractivity contribution in [3.8, 4) is 5.75 Å². The van der Waals surface area contributed by atoms with Gasteiger partial charge in [0.15, 0.2) is 0 Å².